The molecule has 2 aliphatic rings. The lowest BCUT2D eigenvalue weighted by Crippen LogP contribution is -2.38. The van der Waals surface area contributed by atoms with Crippen LogP contribution in [0.4, 0.5) is 0 Å². The SMILES string of the molecule is C=C(C)C(=O)OCC(C)C.C=C(C)C(=O)O[C@H]1C[C@@H]2CC[C@@]1(C)C2(C)C. The van der Waals surface area contributed by atoms with E-state index in [1.807, 2.05) is 13.8 Å². The summed E-state index contributed by atoms with van der Waals surface area (Å²) < 4.78 is 10.4. The summed E-state index contributed by atoms with van der Waals surface area (Å²) in [6.45, 7) is 21.8. The van der Waals surface area contributed by atoms with Crippen molar-refractivity contribution in [2.45, 2.75) is 73.8 Å². The number of carbonyl (C=O) groups is 2. The maximum atomic E-state index is 11.6. The molecule has 0 spiro atoms. The van der Waals surface area contributed by atoms with Crippen LogP contribution in [0.15, 0.2) is 24.3 Å². The fraction of sp³-hybridized carbons (Fsp3) is 0.727. The second-order valence-electron chi connectivity index (χ2n) is 9.06. The molecule has 2 rings (SSSR count). The lowest BCUT2D eigenvalue weighted by molar-refractivity contribution is -0.152. The zero-order valence-electron chi connectivity index (χ0n) is 17.6. The molecule has 0 radical (unpaired) electrons. The number of hydrogen-bond donors (Lipinski definition) is 0. The Bertz CT molecular complexity index is 573. The van der Waals surface area contributed by atoms with E-state index in [-0.39, 0.29) is 23.5 Å². The molecule has 2 saturated carbocycles. The first-order valence-electron chi connectivity index (χ1n) is 9.52. The molecule has 26 heavy (non-hydrogen) atoms. The zero-order valence-corrected chi connectivity index (χ0v) is 17.6. The molecule has 0 aromatic rings. The summed E-state index contributed by atoms with van der Waals surface area (Å²) in [5.41, 5.74) is 1.42. The summed E-state index contributed by atoms with van der Waals surface area (Å²) in [7, 11) is 0. The molecule has 0 N–H and O–H groups in total. The third-order valence-corrected chi connectivity index (χ3v) is 6.21. The average Bonchev–Trinajstić information content (AvgIpc) is 2.86. The van der Waals surface area contributed by atoms with Crippen molar-refractivity contribution in [1.82, 2.24) is 0 Å². The van der Waals surface area contributed by atoms with E-state index >= 15 is 0 Å². The third kappa shape index (κ3) is 4.77. The van der Waals surface area contributed by atoms with Gasteiger partial charge in [-0.05, 0) is 50.4 Å². The van der Waals surface area contributed by atoms with Gasteiger partial charge in [-0.3, -0.25) is 0 Å². The van der Waals surface area contributed by atoms with Crippen LogP contribution in [0.2, 0.25) is 0 Å². The lowest BCUT2D eigenvalue weighted by atomic mass is 9.70. The Labute approximate surface area is 159 Å². The predicted molar refractivity (Wildman–Crippen MR) is 105 cm³/mol. The smallest absolute Gasteiger partial charge is 0.333 e. The van der Waals surface area contributed by atoms with E-state index in [9.17, 15) is 9.59 Å². The van der Waals surface area contributed by atoms with Crippen LogP contribution >= 0.6 is 0 Å². The van der Waals surface area contributed by atoms with Gasteiger partial charge in [-0.2, -0.15) is 0 Å². The van der Waals surface area contributed by atoms with Gasteiger partial charge in [-0.15, -0.1) is 0 Å². The van der Waals surface area contributed by atoms with Crippen molar-refractivity contribution >= 4 is 11.9 Å². The second-order valence-corrected chi connectivity index (χ2v) is 9.06. The van der Waals surface area contributed by atoms with Gasteiger partial charge in [0.15, 0.2) is 0 Å². The lowest BCUT2D eigenvalue weighted by Gasteiger charge is -2.38. The Balaban J connectivity index is 0.000000294. The normalized spacial score (nSPS) is 28.2. The minimum Gasteiger partial charge on any atom is -0.462 e. The van der Waals surface area contributed by atoms with Crippen molar-refractivity contribution in [1.29, 1.82) is 0 Å². The molecule has 0 heterocycles. The Hall–Kier alpha value is -1.58. The molecule has 4 nitrogen and oxygen atoms in total. The van der Waals surface area contributed by atoms with E-state index in [2.05, 4.69) is 33.9 Å². The average molecular weight is 365 g/mol. The van der Waals surface area contributed by atoms with Gasteiger partial charge in [0.1, 0.15) is 6.10 Å². The molecule has 3 atom stereocenters. The topological polar surface area (TPSA) is 52.6 Å². The Morgan fingerprint density at radius 1 is 1.08 bits per heavy atom. The fourth-order valence-corrected chi connectivity index (χ4v) is 3.90. The second kappa shape index (κ2) is 8.41. The fourth-order valence-electron chi connectivity index (χ4n) is 3.90. The molecule has 0 unspecified atom stereocenters. The van der Waals surface area contributed by atoms with Crippen LogP contribution in [0.1, 0.15) is 67.7 Å². The van der Waals surface area contributed by atoms with E-state index in [1.54, 1.807) is 13.8 Å². The molecule has 2 fully saturated rings. The first-order valence-corrected chi connectivity index (χ1v) is 9.52. The maximum absolute atomic E-state index is 11.6. The molecule has 0 amide bonds. The first-order chi connectivity index (χ1) is 11.8. The zero-order chi connectivity index (χ0) is 20.3. The Kier molecular flexibility index (Phi) is 7.26. The molecule has 0 saturated heterocycles. The summed E-state index contributed by atoms with van der Waals surface area (Å²) in [6.07, 6.45) is 3.58. The van der Waals surface area contributed by atoms with Gasteiger partial charge < -0.3 is 9.47 Å². The number of esters is 2. The Morgan fingerprint density at radius 3 is 1.96 bits per heavy atom. The van der Waals surface area contributed by atoms with E-state index in [1.165, 1.54) is 12.8 Å². The van der Waals surface area contributed by atoms with E-state index in [0.29, 0.717) is 35.0 Å². The number of ether oxygens (including phenoxy) is 2. The molecule has 2 bridgehead atoms. The van der Waals surface area contributed by atoms with Gasteiger partial charge >= 0.3 is 11.9 Å². The van der Waals surface area contributed by atoms with Crippen LogP contribution in [0.3, 0.4) is 0 Å². The summed E-state index contributed by atoms with van der Waals surface area (Å²) in [5.74, 6) is 0.576. The summed E-state index contributed by atoms with van der Waals surface area (Å²) >= 11 is 0. The molecule has 0 aromatic heterocycles. The van der Waals surface area contributed by atoms with Crippen molar-refractivity contribution in [3.05, 3.63) is 24.3 Å². The van der Waals surface area contributed by atoms with Gasteiger partial charge in [0.05, 0.1) is 6.61 Å². The van der Waals surface area contributed by atoms with Crippen LogP contribution in [0.5, 0.6) is 0 Å². The predicted octanol–water partition coefficient (Wildman–Crippen LogP) is 5.08. The maximum Gasteiger partial charge on any atom is 0.333 e. The van der Waals surface area contributed by atoms with Crippen LogP contribution < -0.4 is 0 Å². The molecule has 2 aliphatic carbocycles. The van der Waals surface area contributed by atoms with Crippen molar-refractivity contribution in [3.8, 4) is 0 Å². The molecule has 4 heteroatoms. The van der Waals surface area contributed by atoms with Gasteiger partial charge in [-0.1, -0.05) is 47.8 Å². The van der Waals surface area contributed by atoms with Crippen molar-refractivity contribution in [2.75, 3.05) is 6.61 Å². The van der Waals surface area contributed by atoms with Crippen molar-refractivity contribution in [2.24, 2.45) is 22.7 Å². The number of carbonyl (C=O) groups excluding carboxylic acids is 2. The third-order valence-electron chi connectivity index (χ3n) is 6.21. The molecular formula is C22H36O4. The highest BCUT2D eigenvalue weighted by molar-refractivity contribution is 5.87. The summed E-state index contributed by atoms with van der Waals surface area (Å²) in [4.78, 5) is 22.3. The minimum absolute atomic E-state index is 0.0884. The molecule has 0 aromatic carbocycles. The monoisotopic (exact) mass is 364 g/mol. The largest absolute Gasteiger partial charge is 0.462 e. The highest BCUT2D eigenvalue weighted by Crippen LogP contribution is 2.66. The molecular weight excluding hydrogens is 328 g/mol. The van der Waals surface area contributed by atoms with Crippen molar-refractivity contribution < 1.29 is 19.1 Å². The van der Waals surface area contributed by atoms with Crippen LogP contribution in [0.25, 0.3) is 0 Å². The molecule has 148 valence electrons. The standard InChI is InChI=1S/C14H22O2.C8H14O2/c1-9(2)12(15)16-11-8-10-6-7-14(11,5)13(10,3)4;1-6(2)5-10-8(9)7(3)4/h10-11H,1,6-8H2,2-5H3;6H,3,5H2,1-2,4H3/t10-,11-,14+;/m0./s1. The highest BCUT2D eigenvalue weighted by Gasteiger charge is 2.62. The minimum atomic E-state index is -0.297. The van der Waals surface area contributed by atoms with E-state index < -0.39 is 0 Å². The van der Waals surface area contributed by atoms with Crippen LogP contribution in [0, 0.1) is 22.7 Å². The van der Waals surface area contributed by atoms with E-state index in [4.69, 9.17) is 9.47 Å². The highest BCUT2D eigenvalue weighted by atomic mass is 16.5. The number of rotatable bonds is 5. The summed E-state index contributed by atoms with van der Waals surface area (Å²) in [6, 6.07) is 0. The van der Waals surface area contributed by atoms with Gasteiger partial charge in [0.2, 0.25) is 0 Å². The van der Waals surface area contributed by atoms with E-state index in [0.717, 1.165) is 6.42 Å². The van der Waals surface area contributed by atoms with Gasteiger partial charge in [0, 0.05) is 16.6 Å². The first kappa shape index (κ1) is 22.5. The number of fused-ring (bicyclic) bond motifs is 2. The van der Waals surface area contributed by atoms with Crippen molar-refractivity contribution in [3.63, 3.8) is 0 Å². The molecule has 0 aliphatic heterocycles. The van der Waals surface area contributed by atoms with Gasteiger partial charge in [-0.25, -0.2) is 9.59 Å². The summed E-state index contributed by atoms with van der Waals surface area (Å²) in [5, 5.41) is 0. The Morgan fingerprint density at radius 2 is 1.62 bits per heavy atom. The number of hydrogen-bond acceptors (Lipinski definition) is 4. The van der Waals surface area contributed by atoms with Crippen LogP contribution in [-0.2, 0) is 19.1 Å². The van der Waals surface area contributed by atoms with Crippen LogP contribution in [-0.4, -0.2) is 24.6 Å². The van der Waals surface area contributed by atoms with Gasteiger partial charge in [0.25, 0.3) is 0 Å². The quantitative estimate of drug-likeness (QED) is 0.504.